The van der Waals surface area contributed by atoms with Crippen molar-refractivity contribution in [2.75, 3.05) is 20.1 Å². The van der Waals surface area contributed by atoms with E-state index in [4.69, 9.17) is 34.8 Å². The first kappa shape index (κ1) is 21.4. The molecule has 0 bridgehead atoms. The van der Waals surface area contributed by atoms with Crippen molar-refractivity contribution >= 4 is 40.7 Å². The average Bonchev–Trinajstić information content (AvgIpc) is 2.66. The zero-order valence-electron chi connectivity index (χ0n) is 16.1. The van der Waals surface area contributed by atoms with Gasteiger partial charge in [0.1, 0.15) is 0 Å². The molecule has 1 atom stereocenters. The summed E-state index contributed by atoms with van der Waals surface area (Å²) >= 11 is 18.5. The van der Waals surface area contributed by atoms with E-state index in [0.29, 0.717) is 21.5 Å². The summed E-state index contributed by atoms with van der Waals surface area (Å²) in [5.41, 5.74) is 1.87. The van der Waals surface area contributed by atoms with Crippen LogP contribution >= 0.6 is 34.8 Å². The fraction of sp³-hybridized carbons (Fsp3) is 0.409. The lowest BCUT2D eigenvalue weighted by molar-refractivity contribution is -0.133. The van der Waals surface area contributed by atoms with Crippen LogP contribution in [0.1, 0.15) is 43.4 Å². The molecule has 150 valence electrons. The van der Waals surface area contributed by atoms with Crippen molar-refractivity contribution in [3.05, 3.63) is 68.7 Å². The maximum atomic E-state index is 13.3. The third-order valence-corrected chi connectivity index (χ3v) is 6.50. The van der Waals surface area contributed by atoms with Crippen molar-refractivity contribution < 1.29 is 4.79 Å². The van der Waals surface area contributed by atoms with Crippen molar-refractivity contribution in [1.29, 1.82) is 0 Å². The first-order valence-electron chi connectivity index (χ1n) is 9.49. The number of carbonyl (C=O) groups is 1. The largest absolute Gasteiger partial charge is 0.339 e. The van der Waals surface area contributed by atoms with Crippen LogP contribution in [0.3, 0.4) is 0 Å². The normalized spacial score (nSPS) is 17.2. The summed E-state index contributed by atoms with van der Waals surface area (Å²) in [6, 6.07) is 13.2. The Hall–Kier alpha value is -1.26. The van der Waals surface area contributed by atoms with Gasteiger partial charge in [-0.05, 0) is 74.3 Å². The Morgan fingerprint density at radius 2 is 1.71 bits per heavy atom. The molecule has 1 fully saturated rings. The summed E-state index contributed by atoms with van der Waals surface area (Å²) in [4.78, 5) is 15.1. The predicted octanol–water partition coefficient (Wildman–Crippen LogP) is 5.88. The Morgan fingerprint density at radius 1 is 1.07 bits per heavy atom. The van der Waals surface area contributed by atoms with E-state index in [0.717, 1.165) is 37.1 Å². The van der Waals surface area contributed by atoms with Gasteiger partial charge in [-0.2, -0.15) is 0 Å². The molecule has 1 N–H and O–H groups in total. The first-order valence-corrected chi connectivity index (χ1v) is 10.6. The molecule has 0 saturated carbocycles. The van der Waals surface area contributed by atoms with Crippen molar-refractivity contribution in [3.8, 4) is 0 Å². The molecular weight excluding hydrogens is 415 g/mol. The standard InChI is InChI=1S/C22H25Cl3N2O/c1-15(16-10-19(24)13-20(25)11-16)27(2)21(28)14-22(6-8-26-9-7-22)17-4-3-5-18(23)12-17/h3-5,10-13,15,26H,6-9,14H2,1-2H3. The summed E-state index contributed by atoms with van der Waals surface area (Å²) in [6.45, 7) is 3.78. The number of benzene rings is 2. The minimum absolute atomic E-state index is 0.102. The molecule has 1 amide bonds. The van der Waals surface area contributed by atoms with E-state index < -0.39 is 0 Å². The monoisotopic (exact) mass is 438 g/mol. The molecule has 1 saturated heterocycles. The lowest BCUT2D eigenvalue weighted by Gasteiger charge is -2.39. The summed E-state index contributed by atoms with van der Waals surface area (Å²) in [7, 11) is 1.84. The van der Waals surface area contributed by atoms with Gasteiger partial charge in [-0.25, -0.2) is 0 Å². The van der Waals surface area contributed by atoms with Gasteiger partial charge < -0.3 is 10.2 Å². The Balaban J connectivity index is 1.83. The topological polar surface area (TPSA) is 32.3 Å². The molecule has 28 heavy (non-hydrogen) atoms. The van der Waals surface area contributed by atoms with Gasteiger partial charge in [-0.1, -0.05) is 46.9 Å². The van der Waals surface area contributed by atoms with Crippen molar-refractivity contribution in [3.63, 3.8) is 0 Å². The molecule has 1 unspecified atom stereocenters. The summed E-state index contributed by atoms with van der Waals surface area (Å²) in [6.07, 6.45) is 2.26. The number of hydrogen-bond donors (Lipinski definition) is 1. The number of carbonyl (C=O) groups excluding carboxylic acids is 1. The van der Waals surface area contributed by atoms with Gasteiger partial charge in [0.05, 0.1) is 6.04 Å². The maximum Gasteiger partial charge on any atom is 0.223 e. The first-order chi connectivity index (χ1) is 13.3. The number of rotatable bonds is 5. The molecule has 1 heterocycles. The number of nitrogens with zero attached hydrogens (tertiary/aromatic N) is 1. The van der Waals surface area contributed by atoms with E-state index in [1.165, 1.54) is 0 Å². The summed E-state index contributed by atoms with van der Waals surface area (Å²) in [5.74, 6) is 0.102. The minimum Gasteiger partial charge on any atom is -0.339 e. The number of halogens is 3. The van der Waals surface area contributed by atoms with Crippen LogP contribution in [0.5, 0.6) is 0 Å². The lowest BCUT2D eigenvalue weighted by atomic mass is 9.70. The van der Waals surface area contributed by atoms with Crippen molar-refractivity contribution in [2.24, 2.45) is 0 Å². The predicted molar refractivity (Wildman–Crippen MR) is 117 cm³/mol. The zero-order chi connectivity index (χ0) is 20.3. The second-order valence-corrected chi connectivity index (χ2v) is 8.91. The molecular formula is C22H25Cl3N2O. The van der Waals surface area contributed by atoms with E-state index >= 15 is 0 Å². The molecule has 0 aliphatic carbocycles. The molecule has 1 aliphatic heterocycles. The Kier molecular flexibility index (Phi) is 6.93. The smallest absolute Gasteiger partial charge is 0.223 e. The third-order valence-electron chi connectivity index (χ3n) is 5.83. The highest BCUT2D eigenvalue weighted by Gasteiger charge is 2.37. The van der Waals surface area contributed by atoms with Gasteiger partial charge in [-0.3, -0.25) is 4.79 Å². The molecule has 0 aromatic heterocycles. The second-order valence-electron chi connectivity index (χ2n) is 7.60. The molecule has 6 heteroatoms. The highest BCUT2D eigenvalue weighted by atomic mass is 35.5. The van der Waals surface area contributed by atoms with E-state index in [1.807, 2.05) is 44.3 Å². The number of nitrogens with one attached hydrogen (secondary N) is 1. The van der Waals surface area contributed by atoms with Crippen LogP contribution in [0.25, 0.3) is 0 Å². The molecule has 1 aliphatic rings. The molecule has 0 spiro atoms. The highest BCUT2D eigenvalue weighted by molar-refractivity contribution is 6.34. The number of amides is 1. The van der Waals surface area contributed by atoms with Crippen LogP contribution in [0.15, 0.2) is 42.5 Å². The molecule has 2 aromatic rings. The average molecular weight is 440 g/mol. The highest BCUT2D eigenvalue weighted by Crippen LogP contribution is 2.39. The zero-order valence-corrected chi connectivity index (χ0v) is 18.4. The van der Waals surface area contributed by atoms with Gasteiger partial charge in [0, 0.05) is 34.0 Å². The fourth-order valence-electron chi connectivity index (χ4n) is 3.96. The second kappa shape index (κ2) is 9.04. The Labute approximate surface area is 182 Å². The molecule has 3 nitrogen and oxygen atoms in total. The van der Waals surface area contributed by atoms with Crippen LogP contribution in [0.4, 0.5) is 0 Å². The van der Waals surface area contributed by atoms with Crippen LogP contribution in [0, 0.1) is 0 Å². The van der Waals surface area contributed by atoms with Crippen molar-refractivity contribution in [1.82, 2.24) is 10.2 Å². The summed E-state index contributed by atoms with van der Waals surface area (Å²) in [5, 5.41) is 5.25. The van der Waals surface area contributed by atoms with Gasteiger partial charge in [0.25, 0.3) is 0 Å². The number of piperidine rings is 1. The lowest BCUT2D eigenvalue weighted by Crippen LogP contribution is -2.44. The van der Waals surface area contributed by atoms with Crippen LogP contribution in [-0.4, -0.2) is 30.9 Å². The quantitative estimate of drug-likeness (QED) is 0.631. The van der Waals surface area contributed by atoms with Gasteiger partial charge in [-0.15, -0.1) is 0 Å². The van der Waals surface area contributed by atoms with Crippen LogP contribution in [0.2, 0.25) is 15.1 Å². The Bertz CT molecular complexity index is 829. The van der Waals surface area contributed by atoms with Crippen LogP contribution in [-0.2, 0) is 10.2 Å². The minimum atomic E-state index is -0.201. The van der Waals surface area contributed by atoms with Gasteiger partial charge >= 0.3 is 0 Å². The van der Waals surface area contributed by atoms with E-state index in [1.54, 1.807) is 11.0 Å². The van der Waals surface area contributed by atoms with Crippen LogP contribution < -0.4 is 5.32 Å². The fourth-order valence-corrected chi connectivity index (χ4v) is 4.69. The van der Waals surface area contributed by atoms with Crippen molar-refractivity contribution in [2.45, 2.75) is 37.6 Å². The molecule has 0 radical (unpaired) electrons. The van der Waals surface area contributed by atoms with Gasteiger partial charge in [0.15, 0.2) is 0 Å². The molecule has 3 rings (SSSR count). The maximum absolute atomic E-state index is 13.3. The van der Waals surface area contributed by atoms with E-state index in [-0.39, 0.29) is 17.4 Å². The summed E-state index contributed by atoms with van der Waals surface area (Å²) < 4.78 is 0. The van der Waals surface area contributed by atoms with E-state index in [9.17, 15) is 4.79 Å². The molecule has 2 aromatic carbocycles. The number of hydrogen-bond acceptors (Lipinski definition) is 2. The Morgan fingerprint density at radius 3 is 2.32 bits per heavy atom. The third kappa shape index (κ3) is 4.83. The SMILES string of the molecule is CC(c1cc(Cl)cc(Cl)c1)N(C)C(=O)CC1(c2cccc(Cl)c2)CCNCC1. The van der Waals surface area contributed by atoms with E-state index in [2.05, 4.69) is 11.4 Å². The van der Waals surface area contributed by atoms with Gasteiger partial charge in [0.2, 0.25) is 5.91 Å².